The van der Waals surface area contributed by atoms with Gasteiger partial charge in [0.25, 0.3) is 0 Å². The highest BCUT2D eigenvalue weighted by Crippen LogP contribution is 2.39. The molecule has 1 nitrogen and oxygen atoms in total. The van der Waals surface area contributed by atoms with E-state index in [1.807, 2.05) is 18.2 Å². The summed E-state index contributed by atoms with van der Waals surface area (Å²) in [6, 6.07) is 8.82. The second kappa shape index (κ2) is 15.8. The molecule has 0 saturated carbocycles. The summed E-state index contributed by atoms with van der Waals surface area (Å²) in [6.07, 6.45) is 14.7. The van der Waals surface area contributed by atoms with Crippen LogP contribution in [0.1, 0.15) is 76.5 Å². The predicted octanol–water partition coefficient (Wildman–Crippen LogP) is 10.6. The number of hydrogen-bond acceptors (Lipinski definition) is 3. The first kappa shape index (κ1) is 28.1. The molecule has 0 radical (unpaired) electrons. The van der Waals surface area contributed by atoms with Crippen molar-refractivity contribution in [2.75, 3.05) is 5.32 Å². The fourth-order valence-corrected chi connectivity index (χ4v) is 5.40. The minimum atomic E-state index is 1.11. The monoisotopic (exact) mass is 467 g/mol. The van der Waals surface area contributed by atoms with Crippen LogP contribution in [0.25, 0.3) is 5.57 Å². The smallest absolute Gasteiger partial charge is 0.0965 e. The van der Waals surface area contributed by atoms with Crippen molar-refractivity contribution in [3.63, 3.8) is 0 Å². The Morgan fingerprint density at radius 2 is 1.69 bits per heavy atom. The number of rotatable bonds is 11. The molecule has 0 saturated heterocycles. The molecule has 3 heteroatoms. The molecule has 1 aromatic carbocycles. The lowest BCUT2D eigenvalue weighted by atomic mass is 10.0. The zero-order valence-corrected chi connectivity index (χ0v) is 22.5. The summed E-state index contributed by atoms with van der Waals surface area (Å²) >= 11 is 3.59. The molecule has 174 valence electrons. The van der Waals surface area contributed by atoms with Crippen molar-refractivity contribution >= 4 is 33.7 Å². The number of nitrogens with one attached hydrogen (secondary N) is 1. The minimum absolute atomic E-state index is 1.11. The van der Waals surface area contributed by atoms with E-state index in [0.29, 0.717) is 0 Å². The molecule has 0 spiro atoms. The van der Waals surface area contributed by atoms with Gasteiger partial charge in [-0.3, -0.25) is 0 Å². The lowest BCUT2D eigenvalue weighted by molar-refractivity contribution is 0.656. The van der Waals surface area contributed by atoms with Crippen LogP contribution < -0.4 is 5.32 Å². The fourth-order valence-electron chi connectivity index (χ4n) is 3.04. The molecule has 0 atom stereocenters. The maximum Gasteiger partial charge on any atom is 0.0965 e. The highest BCUT2D eigenvalue weighted by molar-refractivity contribution is 8.01. The molecule has 2 rings (SSSR count). The van der Waals surface area contributed by atoms with Gasteiger partial charge in [0, 0.05) is 10.6 Å². The summed E-state index contributed by atoms with van der Waals surface area (Å²) in [5, 5.41) is 4.67. The van der Waals surface area contributed by atoms with Crippen LogP contribution >= 0.6 is 23.1 Å². The zero-order chi connectivity index (χ0) is 23.9. The third-order valence-corrected chi connectivity index (χ3v) is 7.15. The molecule has 0 aliphatic rings. The molecule has 2 aromatic rings. The number of allylic oxidation sites excluding steroid dienone is 6. The van der Waals surface area contributed by atoms with Crippen molar-refractivity contribution in [2.24, 2.45) is 0 Å². The number of aryl methyl sites for hydroxylation is 2. The number of anilines is 1. The highest BCUT2D eigenvalue weighted by atomic mass is 32.2. The minimum Gasteiger partial charge on any atom is -0.351 e. The van der Waals surface area contributed by atoms with Crippen molar-refractivity contribution < 1.29 is 0 Å². The summed E-state index contributed by atoms with van der Waals surface area (Å²) < 4.78 is 1.28. The maximum absolute atomic E-state index is 4.08. The molecule has 32 heavy (non-hydrogen) atoms. The Morgan fingerprint density at radius 1 is 1.00 bits per heavy atom. The van der Waals surface area contributed by atoms with Crippen LogP contribution in [0, 0.1) is 13.8 Å². The summed E-state index contributed by atoms with van der Waals surface area (Å²) in [6.45, 7) is 20.7. The molecule has 0 amide bonds. The summed E-state index contributed by atoms with van der Waals surface area (Å²) in [4.78, 5) is 1.25. The Labute approximate surface area is 205 Å². The van der Waals surface area contributed by atoms with Gasteiger partial charge < -0.3 is 5.32 Å². The average molecular weight is 468 g/mol. The van der Waals surface area contributed by atoms with E-state index < -0.39 is 0 Å². The van der Waals surface area contributed by atoms with Gasteiger partial charge in [0.2, 0.25) is 0 Å². The highest BCUT2D eigenvalue weighted by Gasteiger charge is 2.09. The molecular weight excluding hydrogens is 426 g/mol. The van der Waals surface area contributed by atoms with E-state index in [0.717, 1.165) is 11.3 Å². The van der Waals surface area contributed by atoms with Gasteiger partial charge in [-0.05, 0) is 68.7 Å². The molecule has 1 N–H and O–H groups in total. The SMILES string of the molecule is C=C/C=C\C=C(/C)Nc1sc(Sc2ccc(C)c(C(=C)C)c2)cc1C.CCCCCCC. The second-order valence-corrected chi connectivity index (χ2v) is 10.5. The lowest BCUT2D eigenvalue weighted by Crippen LogP contribution is -1.93. The first-order valence-corrected chi connectivity index (χ1v) is 13.2. The van der Waals surface area contributed by atoms with Gasteiger partial charge in [-0.1, -0.05) is 101 Å². The molecule has 0 aliphatic heterocycles. The van der Waals surface area contributed by atoms with Crippen LogP contribution in [-0.2, 0) is 0 Å². The third kappa shape index (κ3) is 10.6. The number of unbranched alkanes of at least 4 members (excludes halogenated alkanes) is 4. The average Bonchev–Trinajstić information content (AvgIpc) is 3.09. The molecule has 1 aromatic heterocycles. The fraction of sp³-hybridized carbons (Fsp3) is 0.379. The zero-order valence-electron chi connectivity index (χ0n) is 20.9. The first-order valence-electron chi connectivity index (χ1n) is 11.6. The van der Waals surface area contributed by atoms with Gasteiger partial charge in [-0.2, -0.15) is 0 Å². The quantitative estimate of drug-likeness (QED) is 0.260. The molecular formula is C29H41NS2. The van der Waals surface area contributed by atoms with Crippen LogP contribution in [0.15, 0.2) is 76.5 Å². The van der Waals surface area contributed by atoms with Crippen molar-refractivity contribution in [3.8, 4) is 0 Å². The summed E-state index contributed by atoms with van der Waals surface area (Å²) in [5.41, 5.74) is 6.00. The van der Waals surface area contributed by atoms with E-state index in [4.69, 9.17) is 0 Å². The Kier molecular flexibility index (Phi) is 13.8. The predicted molar refractivity (Wildman–Crippen MR) is 150 cm³/mol. The van der Waals surface area contributed by atoms with Gasteiger partial charge in [0.15, 0.2) is 0 Å². The van der Waals surface area contributed by atoms with Crippen LogP contribution in [-0.4, -0.2) is 0 Å². The Hall–Kier alpha value is -1.97. The van der Waals surface area contributed by atoms with E-state index in [2.05, 4.69) is 84.3 Å². The molecule has 0 bridgehead atoms. The Morgan fingerprint density at radius 3 is 2.28 bits per heavy atom. The lowest BCUT2D eigenvalue weighted by Gasteiger charge is -2.07. The standard InChI is InChI=1S/C22H25NS2.C7H16/c1-7-8-9-10-18(6)23-22-17(5)13-21(25-22)24-19-12-11-16(4)20(14-19)15(2)3;1-3-5-7-6-4-2/h7-14,23H,1-2H2,3-6H3;3-7H2,1-2H3/b9-8-,18-10+;. The van der Waals surface area contributed by atoms with Gasteiger partial charge in [0.1, 0.15) is 0 Å². The van der Waals surface area contributed by atoms with Crippen LogP contribution in [0.2, 0.25) is 0 Å². The van der Waals surface area contributed by atoms with Gasteiger partial charge in [-0.15, -0.1) is 11.3 Å². The Bertz CT molecular complexity index is 911. The van der Waals surface area contributed by atoms with Crippen molar-refractivity contribution in [1.82, 2.24) is 0 Å². The van der Waals surface area contributed by atoms with Crippen molar-refractivity contribution in [1.29, 1.82) is 0 Å². The van der Waals surface area contributed by atoms with Gasteiger partial charge in [0.05, 0.1) is 9.21 Å². The topological polar surface area (TPSA) is 12.0 Å². The molecule has 0 unspecified atom stereocenters. The number of hydrogen-bond donors (Lipinski definition) is 1. The first-order chi connectivity index (χ1) is 15.3. The maximum atomic E-state index is 4.08. The second-order valence-electron chi connectivity index (χ2n) is 8.09. The van der Waals surface area contributed by atoms with E-state index in [9.17, 15) is 0 Å². The number of benzene rings is 1. The van der Waals surface area contributed by atoms with Gasteiger partial charge >= 0.3 is 0 Å². The van der Waals surface area contributed by atoms with Crippen molar-refractivity contribution in [2.45, 2.75) is 82.8 Å². The van der Waals surface area contributed by atoms with E-state index >= 15 is 0 Å². The number of thiophene rings is 1. The van der Waals surface area contributed by atoms with Crippen molar-refractivity contribution in [3.05, 3.63) is 84.1 Å². The Balaban J connectivity index is 0.000000633. The largest absolute Gasteiger partial charge is 0.351 e. The molecule has 0 fully saturated rings. The summed E-state index contributed by atoms with van der Waals surface area (Å²) in [7, 11) is 0. The van der Waals surface area contributed by atoms with E-state index in [-0.39, 0.29) is 0 Å². The van der Waals surface area contributed by atoms with E-state index in [1.54, 1.807) is 29.2 Å². The van der Waals surface area contributed by atoms with E-state index in [1.165, 1.54) is 62.9 Å². The van der Waals surface area contributed by atoms with Crippen LogP contribution in [0.5, 0.6) is 0 Å². The van der Waals surface area contributed by atoms with Gasteiger partial charge in [-0.25, -0.2) is 0 Å². The normalized spacial score (nSPS) is 11.2. The third-order valence-electron chi connectivity index (χ3n) is 4.89. The molecule has 0 aliphatic carbocycles. The van der Waals surface area contributed by atoms with Crippen LogP contribution in [0.3, 0.4) is 0 Å². The van der Waals surface area contributed by atoms with Crippen LogP contribution in [0.4, 0.5) is 5.00 Å². The summed E-state index contributed by atoms with van der Waals surface area (Å²) in [5.74, 6) is 0. The molecule has 1 heterocycles.